The highest BCUT2D eigenvalue weighted by molar-refractivity contribution is 4.96. The number of hydrogen-bond donors (Lipinski definition) is 3. The normalized spacial score (nSPS) is 27.9. The Morgan fingerprint density at radius 1 is 1.25 bits per heavy atom. The molecule has 1 aliphatic rings. The number of rotatable bonds is 3. The summed E-state index contributed by atoms with van der Waals surface area (Å²) < 4.78 is 5.47. The van der Waals surface area contributed by atoms with E-state index in [0.29, 0.717) is 12.8 Å². The van der Waals surface area contributed by atoms with Crippen molar-refractivity contribution >= 4 is 0 Å². The lowest BCUT2D eigenvalue weighted by molar-refractivity contribution is -0.276. The van der Waals surface area contributed by atoms with Crippen LogP contribution < -0.4 is 5.32 Å². The average Bonchev–Trinajstić information content (AvgIpc) is 2.13. The number of hydroxylamine groups is 2. The average molecular weight is 232 g/mol. The van der Waals surface area contributed by atoms with Crippen molar-refractivity contribution in [1.29, 1.82) is 0 Å². The van der Waals surface area contributed by atoms with E-state index in [0.717, 1.165) is 0 Å². The molecular weight excluding hydrogens is 208 g/mol. The fraction of sp³-hybridized carbons (Fsp3) is 1.00. The van der Waals surface area contributed by atoms with Crippen LogP contribution in [0.15, 0.2) is 0 Å². The molecule has 5 heteroatoms. The summed E-state index contributed by atoms with van der Waals surface area (Å²) in [5, 5.41) is 23.5. The quantitative estimate of drug-likeness (QED) is 0.631. The minimum atomic E-state index is -0.943. The van der Waals surface area contributed by atoms with Gasteiger partial charge in [-0.2, -0.15) is 5.06 Å². The van der Waals surface area contributed by atoms with Crippen molar-refractivity contribution in [2.24, 2.45) is 0 Å². The van der Waals surface area contributed by atoms with Gasteiger partial charge in [-0.25, -0.2) is 0 Å². The second-order valence-corrected chi connectivity index (χ2v) is 5.74. The lowest BCUT2D eigenvalue weighted by Crippen LogP contribution is -2.61. The van der Waals surface area contributed by atoms with E-state index in [1.165, 1.54) is 5.06 Å². The number of hydrogen-bond acceptors (Lipinski definition) is 5. The molecule has 0 saturated carbocycles. The van der Waals surface area contributed by atoms with Crippen LogP contribution in [0.1, 0.15) is 40.5 Å². The summed E-state index contributed by atoms with van der Waals surface area (Å²) in [5.41, 5.74) is -0.695. The maximum absolute atomic E-state index is 10.1. The topological polar surface area (TPSA) is 65.0 Å². The first kappa shape index (κ1) is 13.9. The van der Waals surface area contributed by atoms with Crippen molar-refractivity contribution in [1.82, 2.24) is 10.4 Å². The number of ether oxygens (including phenoxy) is 1. The van der Waals surface area contributed by atoms with Gasteiger partial charge < -0.3 is 15.1 Å². The second kappa shape index (κ2) is 4.58. The first-order valence-electron chi connectivity index (χ1n) is 5.69. The molecule has 3 N–H and O–H groups in total. The number of piperidine rings is 1. The van der Waals surface area contributed by atoms with Crippen LogP contribution in [0.2, 0.25) is 0 Å². The number of nitrogens with one attached hydrogen (secondary N) is 1. The van der Waals surface area contributed by atoms with Crippen LogP contribution in [-0.2, 0) is 4.74 Å². The summed E-state index contributed by atoms with van der Waals surface area (Å²) >= 11 is 0. The van der Waals surface area contributed by atoms with Gasteiger partial charge in [-0.1, -0.05) is 0 Å². The SMILES string of the molecule is CNC(O)OC1CC(C)(C)N(O)C(C)(C)C1. The zero-order chi connectivity index (χ0) is 12.6. The third-order valence-corrected chi connectivity index (χ3v) is 3.17. The van der Waals surface area contributed by atoms with Gasteiger partial charge in [0, 0.05) is 11.1 Å². The molecule has 1 unspecified atom stereocenters. The third kappa shape index (κ3) is 2.93. The molecule has 16 heavy (non-hydrogen) atoms. The van der Waals surface area contributed by atoms with E-state index in [-0.39, 0.29) is 17.2 Å². The molecule has 0 aromatic heterocycles. The maximum atomic E-state index is 10.1. The zero-order valence-corrected chi connectivity index (χ0v) is 10.8. The molecule has 0 spiro atoms. The summed E-state index contributed by atoms with van der Waals surface area (Å²) in [7, 11) is 1.64. The van der Waals surface area contributed by atoms with Crippen LogP contribution in [0.4, 0.5) is 0 Å². The monoisotopic (exact) mass is 232 g/mol. The molecule has 96 valence electrons. The van der Waals surface area contributed by atoms with Crippen LogP contribution in [0.25, 0.3) is 0 Å². The van der Waals surface area contributed by atoms with Crippen LogP contribution in [0.3, 0.4) is 0 Å². The molecule has 1 fully saturated rings. The molecule has 0 radical (unpaired) electrons. The molecule has 1 aliphatic heterocycles. The Balaban J connectivity index is 2.71. The van der Waals surface area contributed by atoms with Gasteiger partial charge in [-0.3, -0.25) is 5.32 Å². The summed E-state index contributed by atoms with van der Waals surface area (Å²) in [5.74, 6) is 0. The molecule has 0 aromatic rings. The van der Waals surface area contributed by atoms with E-state index in [1.54, 1.807) is 7.05 Å². The molecule has 0 aromatic carbocycles. The minimum absolute atomic E-state index is 0.0594. The Hall–Kier alpha value is -0.200. The number of aliphatic hydroxyl groups is 1. The van der Waals surface area contributed by atoms with E-state index in [4.69, 9.17) is 4.74 Å². The van der Waals surface area contributed by atoms with E-state index in [9.17, 15) is 10.3 Å². The molecule has 5 nitrogen and oxygen atoms in total. The van der Waals surface area contributed by atoms with Gasteiger partial charge in [0.25, 0.3) is 0 Å². The van der Waals surface area contributed by atoms with E-state index >= 15 is 0 Å². The minimum Gasteiger partial charge on any atom is -0.356 e. The third-order valence-electron chi connectivity index (χ3n) is 3.17. The predicted octanol–water partition coefficient (Wildman–Crippen LogP) is 0.909. The van der Waals surface area contributed by atoms with Crippen molar-refractivity contribution in [3.63, 3.8) is 0 Å². The van der Waals surface area contributed by atoms with E-state index in [1.807, 2.05) is 27.7 Å². The highest BCUT2D eigenvalue weighted by Crippen LogP contribution is 2.37. The molecular formula is C11H24N2O3. The van der Waals surface area contributed by atoms with Gasteiger partial charge in [-0.15, -0.1) is 0 Å². The van der Waals surface area contributed by atoms with Crippen LogP contribution >= 0.6 is 0 Å². The number of nitrogens with zero attached hydrogens (tertiary/aromatic N) is 1. The van der Waals surface area contributed by atoms with Crippen molar-refractivity contribution in [2.45, 2.75) is 64.1 Å². The largest absolute Gasteiger partial charge is 0.356 e. The Bertz CT molecular complexity index is 225. The van der Waals surface area contributed by atoms with Crippen LogP contribution in [0, 0.1) is 0 Å². The highest BCUT2D eigenvalue weighted by atomic mass is 16.6. The van der Waals surface area contributed by atoms with Crippen LogP contribution in [-0.4, -0.2) is 46.0 Å². The summed E-state index contributed by atoms with van der Waals surface area (Å²) in [6.07, 6.45) is 0.370. The van der Waals surface area contributed by atoms with Crippen molar-refractivity contribution < 1.29 is 15.1 Å². The molecule has 1 heterocycles. The predicted molar refractivity (Wildman–Crippen MR) is 61.0 cm³/mol. The summed E-state index contributed by atoms with van der Waals surface area (Å²) in [6.45, 7) is 7.87. The summed E-state index contributed by atoms with van der Waals surface area (Å²) in [6, 6.07) is 0. The molecule has 1 saturated heterocycles. The van der Waals surface area contributed by atoms with Crippen molar-refractivity contribution in [3.05, 3.63) is 0 Å². The summed E-state index contributed by atoms with van der Waals surface area (Å²) in [4.78, 5) is 0. The van der Waals surface area contributed by atoms with E-state index < -0.39 is 6.41 Å². The van der Waals surface area contributed by atoms with Gasteiger partial charge >= 0.3 is 0 Å². The van der Waals surface area contributed by atoms with E-state index in [2.05, 4.69) is 5.32 Å². The molecule has 1 rings (SSSR count). The van der Waals surface area contributed by atoms with Gasteiger partial charge in [0.1, 0.15) is 0 Å². The standard InChI is InChI=1S/C11H24N2O3/c1-10(2)6-8(16-9(14)12-5)7-11(3,4)13(10)15/h8-9,12,14-15H,6-7H2,1-5H3. The number of aliphatic hydroxyl groups excluding tert-OH is 1. The van der Waals surface area contributed by atoms with Gasteiger partial charge in [-0.05, 0) is 47.6 Å². The second-order valence-electron chi connectivity index (χ2n) is 5.74. The Kier molecular flexibility index (Phi) is 3.97. The Morgan fingerprint density at radius 3 is 2.06 bits per heavy atom. The maximum Gasteiger partial charge on any atom is 0.213 e. The lowest BCUT2D eigenvalue weighted by atomic mass is 9.80. The Labute approximate surface area is 97.3 Å². The van der Waals surface area contributed by atoms with Gasteiger partial charge in [0.05, 0.1) is 6.10 Å². The fourth-order valence-electron chi connectivity index (χ4n) is 2.53. The first-order chi connectivity index (χ1) is 7.19. The van der Waals surface area contributed by atoms with Crippen molar-refractivity contribution in [2.75, 3.05) is 7.05 Å². The fourth-order valence-corrected chi connectivity index (χ4v) is 2.53. The smallest absolute Gasteiger partial charge is 0.213 e. The molecule has 0 bridgehead atoms. The van der Waals surface area contributed by atoms with Gasteiger partial charge in [0.2, 0.25) is 6.41 Å². The van der Waals surface area contributed by atoms with Crippen LogP contribution in [0.5, 0.6) is 0 Å². The zero-order valence-electron chi connectivity index (χ0n) is 10.8. The molecule has 0 aliphatic carbocycles. The Morgan fingerprint density at radius 2 is 1.69 bits per heavy atom. The highest BCUT2D eigenvalue weighted by Gasteiger charge is 2.45. The lowest BCUT2D eigenvalue weighted by Gasteiger charge is -2.51. The first-order valence-corrected chi connectivity index (χ1v) is 5.69. The molecule has 1 atom stereocenters. The van der Waals surface area contributed by atoms with Gasteiger partial charge in [0.15, 0.2) is 0 Å². The molecule has 0 amide bonds. The van der Waals surface area contributed by atoms with Crippen molar-refractivity contribution in [3.8, 4) is 0 Å².